The molecule has 1 saturated heterocycles. The zero-order chi connectivity index (χ0) is 19.2. The molecule has 3 rings (SSSR count). The summed E-state index contributed by atoms with van der Waals surface area (Å²) < 4.78 is 12.9. The maximum absolute atomic E-state index is 12.9. The van der Waals surface area contributed by atoms with Crippen LogP contribution in [-0.2, 0) is 0 Å². The van der Waals surface area contributed by atoms with Gasteiger partial charge >= 0.3 is 6.03 Å². The maximum atomic E-state index is 12.9. The summed E-state index contributed by atoms with van der Waals surface area (Å²) in [5.41, 5.74) is 2.31. The zero-order valence-corrected chi connectivity index (χ0v) is 15.4. The highest BCUT2D eigenvalue weighted by Gasteiger charge is 2.23. The number of anilines is 1. The number of piperidine rings is 1. The summed E-state index contributed by atoms with van der Waals surface area (Å²) in [6, 6.07) is 13.1. The van der Waals surface area contributed by atoms with Gasteiger partial charge in [-0.1, -0.05) is 17.7 Å². The molecule has 0 bridgehead atoms. The van der Waals surface area contributed by atoms with Gasteiger partial charge in [0.1, 0.15) is 5.82 Å². The fraction of sp³-hybridized carbons (Fsp3) is 0.333. The molecule has 1 fully saturated rings. The first-order chi connectivity index (χ1) is 13.0. The molecular weight excluding hydrogens is 345 g/mol. The van der Waals surface area contributed by atoms with E-state index in [1.807, 2.05) is 31.2 Å². The molecule has 5 nitrogen and oxygen atoms in total. The van der Waals surface area contributed by atoms with Crippen molar-refractivity contribution in [1.82, 2.24) is 10.2 Å². The molecule has 0 aromatic heterocycles. The smallest absolute Gasteiger partial charge is 0.321 e. The summed E-state index contributed by atoms with van der Waals surface area (Å²) in [5, 5.41) is 5.77. The van der Waals surface area contributed by atoms with Crippen LogP contribution < -0.4 is 10.6 Å². The van der Waals surface area contributed by atoms with Crippen LogP contribution in [0.15, 0.2) is 48.5 Å². The van der Waals surface area contributed by atoms with E-state index in [1.165, 1.54) is 12.1 Å². The minimum absolute atomic E-state index is 0.0600. The number of halogens is 1. The number of nitrogens with zero attached hydrogens (tertiary/aromatic N) is 1. The summed E-state index contributed by atoms with van der Waals surface area (Å²) in [6.07, 6.45) is 1.68. The highest BCUT2D eigenvalue weighted by atomic mass is 19.1. The molecule has 0 saturated carbocycles. The van der Waals surface area contributed by atoms with Crippen molar-refractivity contribution in [3.8, 4) is 0 Å². The fourth-order valence-corrected chi connectivity index (χ4v) is 3.20. The lowest BCUT2D eigenvalue weighted by Crippen LogP contribution is -2.43. The Bertz CT molecular complexity index is 799. The van der Waals surface area contributed by atoms with Crippen molar-refractivity contribution < 1.29 is 14.0 Å². The number of benzene rings is 2. The number of carbonyl (C=O) groups excluding carboxylic acids is 2. The van der Waals surface area contributed by atoms with E-state index in [-0.39, 0.29) is 17.8 Å². The number of nitrogens with one attached hydrogen (secondary N) is 2. The van der Waals surface area contributed by atoms with Crippen molar-refractivity contribution in [3.05, 3.63) is 65.5 Å². The van der Waals surface area contributed by atoms with Gasteiger partial charge in [0.2, 0.25) is 0 Å². The summed E-state index contributed by atoms with van der Waals surface area (Å²) in [7, 11) is 0. The molecule has 142 valence electrons. The Balaban J connectivity index is 1.42. The van der Waals surface area contributed by atoms with E-state index in [0.29, 0.717) is 36.8 Å². The van der Waals surface area contributed by atoms with Gasteiger partial charge in [0.15, 0.2) is 0 Å². The van der Waals surface area contributed by atoms with Crippen molar-refractivity contribution in [1.29, 1.82) is 0 Å². The number of likely N-dealkylation sites (tertiary alicyclic amines) is 1. The lowest BCUT2D eigenvalue weighted by atomic mass is 9.97. The van der Waals surface area contributed by atoms with Gasteiger partial charge in [0.25, 0.3) is 5.91 Å². The van der Waals surface area contributed by atoms with E-state index in [4.69, 9.17) is 0 Å². The van der Waals surface area contributed by atoms with Crippen LogP contribution in [-0.4, -0.2) is 36.5 Å². The molecule has 1 aliphatic heterocycles. The number of hydrogen-bond acceptors (Lipinski definition) is 2. The SMILES string of the molecule is Cc1cccc(C(=O)NCC2CCN(C(=O)Nc3ccc(F)cc3)CC2)c1. The number of urea groups is 1. The van der Waals surface area contributed by atoms with Crippen molar-refractivity contribution in [2.45, 2.75) is 19.8 Å². The van der Waals surface area contributed by atoms with Gasteiger partial charge in [-0.05, 0) is 62.1 Å². The standard InChI is InChI=1S/C21H24FN3O2/c1-15-3-2-4-17(13-15)20(26)23-14-16-9-11-25(12-10-16)21(27)24-19-7-5-18(22)6-8-19/h2-8,13,16H,9-12,14H2,1H3,(H,23,26)(H,24,27). The van der Waals surface area contributed by atoms with Crippen LogP contribution in [0.2, 0.25) is 0 Å². The van der Waals surface area contributed by atoms with Gasteiger partial charge in [-0.3, -0.25) is 4.79 Å². The monoisotopic (exact) mass is 369 g/mol. The van der Waals surface area contributed by atoms with Crippen molar-refractivity contribution in [3.63, 3.8) is 0 Å². The Labute approximate surface area is 158 Å². The molecule has 3 amide bonds. The largest absolute Gasteiger partial charge is 0.352 e. The highest BCUT2D eigenvalue weighted by Crippen LogP contribution is 2.18. The number of carbonyl (C=O) groups is 2. The number of hydrogen-bond donors (Lipinski definition) is 2. The van der Waals surface area contributed by atoms with Crippen LogP contribution in [0.1, 0.15) is 28.8 Å². The summed E-state index contributed by atoms with van der Waals surface area (Å²) >= 11 is 0. The third kappa shape index (κ3) is 5.29. The molecule has 2 aromatic rings. The molecule has 0 aliphatic carbocycles. The van der Waals surface area contributed by atoms with Gasteiger partial charge < -0.3 is 15.5 Å². The molecule has 27 heavy (non-hydrogen) atoms. The van der Waals surface area contributed by atoms with Crippen LogP contribution >= 0.6 is 0 Å². The lowest BCUT2D eigenvalue weighted by Gasteiger charge is -2.32. The molecule has 0 radical (unpaired) electrons. The predicted octanol–water partition coefficient (Wildman–Crippen LogP) is 3.81. The van der Waals surface area contributed by atoms with Gasteiger partial charge in [0, 0.05) is 30.9 Å². The fourth-order valence-electron chi connectivity index (χ4n) is 3.20. The van der Waals surface area contributed by atoms with Crippen LogP contribution in [0.5, 0.6) is 0 Å². The third-order valence-electron chi connectivity index (χ3n) is 4.83. The predicted molar refractivity (Wildman–Crippen MR) is 103 cm³/mol. The van der Waals surface area contributed by atoms with E-state index in [9.17, 15) is 14.0 Å². The molecule has 0 unspecified atom stereocenters. The van der Waals surface area contributed by atoms with E-state index < -0.39 is 0 Å². The summed E-state index contributed by atoms with van der Waals surface area (Å²) in [5.74, 6) is -0.0367. The molecule has 1 heterocycles. The molecule has 2 N–H and O–H groups in total. The average Bonchev–Trinajstić information content (AvgIpc) is 2.68. The summed E-state index contributed by atoms with van der Waals surface area (Å²) in [4.78, 5) is 26.3. The van der Waals surface area contributed by atoms with Gasteiger partial charge in [-0.25, -0.2) is 9.18 Å². The third-order valence-corrected chi connectivity index (χ3v) is 4.83. The van der Waals surface area contributed by atoms with Crippen molar-refractivity contribution in [2.24, 2.45) is 5.92 Å². The lowest BCUT2D eigenvalue weighted by molar-refractivity contribution is 0.0938. The van der Waals surface area contributed by atoms with Gasteiger partial charge in [-0.2, -0.15) is 0 Å². The molecule has 0 atom stereocenters. The van der Waals surface area contributed by atoms with Gasteiger partial charge in [-0.15, -0.1) is 0 Å². The minimum atomic E-state index is -0.332. The zero-order valence-electron chi connectivity index (χ0n) is 15.4. The van der Waals surface area contributed by atoms with E-state index in [2.05, 4.69) is 10.6 Å². The number of aryl methyl sites for hydroxylation is 1. The van der Waals surface area contributed by atoms with Gasteiger partial charge in [0.05, 0.1) is 0 Å². The highest BCUT2D eigenvalue weighted by molar-refractivity contribution is 5.94. The van der Waals surface area contributed by atoms with Crippen molar-refractivity contribution >= 4 is 17.6 Å². The van der Waals surface area contributed by atoms with Crippen LogP contribution in [0.4, 0.5) is 14.9 Å². The Morgan fingerprint density at radius 3 is 2.48 bits per heavy atom. The van der Waals surface area contributed by atoms with E-state index >= 15 is 0 Å². The topological polar surface area (TPSA) is 61.4 Å². The number of rotatable bonds is 4. The molecule has 6 heteroatoms. The number of amides is 3. The Morgan fingerprint density at radius 2 is 1.81 bits per heavy atom. The Morgan fingerprint density at radius 1 is 1.11 bits per heavy atom. The maximum Gasteiger partial charge on any atom is 0.321 e. The molecular formula is C21H24FN3O2. The molecule has 1 aliphatic rings. The Hall–Kier alpha value is -2.89. The van der Waals surface area contributed by atoms with Crippen LogP contribution in [0, 0.1) is 18.7 Å². The minimum Gasteiger partial charge on any atom is -0.352 e. The Kier molecular flexibility index (Phi) is 6.06. The van der Waals surface area contributed by atoms with Crippen LogP contribution in [0.25, 0.3) is 0 Å². The molecule has 2 aromatic carbocycles. The van der Waals surface area contributed by atoms with E-state index in [1.54, 1.807) is 17.0 Å². The second-order valence-corrected chi connectivity index (χ2v) is 6.95. The van der Waals surface area contributed by atoms with E-state index in [0.717, 1.165) is 18.4 Å². The van der Waals surface area contributed by atoms with Crippen LogP contribution in [0.3, 0.4) is 0 Å². The quantitative estimate of drug-likeness (QED) is 0.861. The summed E-state index contributed by atoms with van der Waals surface area (Å²) in [6.45, 7) is 3.85. The normalized spacial score (nSPS) is 14.7. The first kappa shape index (κ1) is 18.9. The average molecular weight is 369 g/mol. The second kappa shape index (κ2) is 8.66. The first-order valence-electron chi connectivity index (χ1n) is 9.17. The van der Waals surface area contributed by atoms with Crippen molar-refractivity contribution in [2.75, 3.05) is 25.0 Å². The second-order valence-electron chi connectivity index (χ2n) is 6.95. The molecule has 0 spiro atoms. The first-order valence-corrected chi connectivity index (χ1v) is 9.17.